The first-order chi connectivity index (χ1) is 14.2. The maximum Gasteiger partial charge on any atom is 0.390 e. The fraction of sp³-hybridized carbons (Fsp3) is 0.316. The van der Waals surface area contributed by atoms with Gasteiger partial charge >= 0.3 is 5.82 Å². The average Bonchev–Trinajstić information content (AvgIpc) is 3.20. The van der Waals surface area contributed by atoms with Crippen LogP contribution >= 0.6 is 23.2 Å². The second-order valence-corrected chi connectivity index (χ2v) is 7.82. The summed E-state index contributed by atoms with van der Waals surface area (Å²) in [7, 11) is 0. The molecule has 0 bridgehead atoms. The van der Waals surface area contributed by atoms with Crippen molar-refractivity contribution >= 4 is 40.7 Å². The molecule has 3 rings (SSSR count). The zero-order valence-electron chi connectivity index (χ0n) is 16.6. The Bertz CT molecular complexity index is 1090. The number of carbonyl (C=O) groups excluding carboxylic acids is 1. The predicted molar refractivity (Wildman–Crippen MR) is 114 cm³/mol. The lowest BCUT2D eigenvalue weighted by Crippen LogP contribution is -2.25. The predicted octanol–water partition coefficient (Wildman–Crippen LogP) is 4.23. The largest absolute Gasteiger partial charge is 0.390 e. The highest BCUT2D eigenvalue weighted by Crippen LogP contribution is 2.26. The fourth-order valence-corrected chi connectivity index (χ4v) is 3.44. The van der Waals surface area contributed by atoms with E-state index < -0.39 is 10.8 Å². The molecule has 0 saturated heterocycles. The van der Waals surface area contributed by atoms with Gasteiger partial charge in [-0.25, -0.2) is 0 Å². The highest BCUT2D eigenvalue weighted by atomic mass is 35.5. The van der Waals surface area contributed by atoms with E-state index in [1.54, 1.807) is 42.8 Å². The molecule has 2 aromatic heterocycles. The van der Waals surface area contributed by atoms with Crippen molar-refractivity contribution in [2.75, 3.05) is 5.32 Å². The summed E-state index contributed by atoms with van der Waals surface area (Å²) < 4.78 is 3.15. The number of nitro groups is 1. The van der Waals surface area contributed by atoms with Crippen molar-refractivity contribution in [3.63, 3.8) is 0 Å². The Balaban J connectivity index is 1.68. The molecule has 0 aliphatic carbocycles. The lowest BCUT2D eigenvalue weighted by Gasteiger charge is -2.10. The van der Waals surface area contributed by atoms with E-state index in [-0.39, 0.29) is 18.3 Å². The van der Waals surface area contributed by atoms with E-state index >= 15 is 0 Å². The summed E-state index contributed by atoms with van der Waals surface area (Å²) in [4.78, 5) is 22.9. The number of carbonyl (C=O) groups is 1. The van der Waals surface area contributed by atoms with Gasteiger partial charge in [-0.05, 0) is 30.9 Å². The van der Waals surface area contributed by atoms with E-state index in [0.717, 1.165) is 11.3 Å². The molecule has 1 aromatic carbocycles. The third-order valence-electron chi connectivity index (χ3n) is 4.65. The third kappa shape index (κ3) is 4.80. The number of rotatable bonds is 7. The molecule has 1 atom stereocenters. The number of amides is 1. The smallest absolute Gasteiger partial charge is 0.358 e. The number of nitrogens with one attached hydrogen (secondary N) is 1. The second-order valence-electron chi connectivity index (χ2n) is 7.00. The summed E-state index contributed by atoms with van der Waals surface area (Å²) in [5.74, 6) is -0.594. The zero-order valence-corrected chi connectivity index (χ0v) is 18.1. The monoisotopic (exact) mass is 450 g/mol. The Hall–Kier alpha value is -2.91. The summed E-state index contributed by atoms with van der Waals surface area (Å²) in [5, 5.41) is 23.0. The highest BCUT2D eigenvalue weighted by Gasteiger charge is 2.21. The van der Waals surface area contributed by atoms with Crippen molar-refractivity contribution in [3.05, 3.63) is 67.4 Å². The minimum atomic E-state index is -0.561. The van der Waals surface area contributed by atoms with Crippen LogP contribution in [0.2, 0.25) is 10.0 Å². The van der Waals surface area contributed by atoms with Crippen LogP contribution in [0.1, 0.15) is 23.9 Å². The summed E-state index contributed by atoms with van der Waals surface area (Å²) in [6.07, 6.45) is 0. The lowest BCUT2D eigenvalue weighted by atomic mass is 10.1. The standard InChI is InChI=1S/C19H20Cl2N6O3/c1-11(9-25-13(3)8-18(24-25)27(29)30)19(28)22-17-7-12(2)26(23-17)10-14-15(20)5-4-6-16(14)21/h4-8,11H,9-10H2,1-3H3,(H,22,23,28). The van der Waals surface area contributed by atoms with Gasteiger partial charge in [0.2, 0.25) is 5.91 Å². The first-order valence-electron chi connectivity index (χ1n) is 9.12. The molecule has 0 aliphatic heterocycles. The van der Waals surface area contributed by atoms with E-state index in [2.05, 4.69) is 15.5 Å². The van der Waals surface area contributed by atoms with Gasteiger partial charge in [0.1, 0.15) is 0 Å². The summed E-state index contributed by atoms with van der Waals surface area (Å²) in [6, 6.07) is 8.41. The molecule has 1 amide bonds. The van der Waals surface area contributed by atoms with Crippen LogP contribution in [0.3, 0.4) is 0 Å². The zero-order chi connectivity index (χ0) is 22.0. The van der Waals surface area contributed by atoms with Crippen molar-refractivity contribution in [3.8, 4) is 0 Å². The van der Waals surface area contributed by atoms with Crippen LogP contribution in [0.15, 0.2) is 30.3 Å². The molecule has 158 valence electrons. The van der Waals surface area contributed by atoms with E-state index in [1.807, 2.05) is 6.92 Å². The molecule has 9 nitrogen and oxygen atoms in total. The number of benzene rings is 1. The molecule has 11 heteroatoms. The maximum atomic E-state index is 12.6. The first-order valence-corrected chi connectivity index (χ1v) is 9.88. The van der Waals surface area contributed by atoms with Crippen LogP contribution in [0.25, 0.3) is 0 Å². The molecule has 0 radical (unpaired) electrons. The SMILES string of the molecule is Cc1cc(NC(=O)C(C)Cn2nc([N+](=O)[O-])cc2C)nn1Cc1c(Cl)cccc1Cl. The van der Waals surface area contributed by atoms with E-state index in [1.165, 1.54) is 10.7 Å². The van der Waals surface area contributed by atoms with E-state index in [9.17, 15) is 14.9 Å². The van der Waals surface area contributed by atoms with E-state index in [4.69, 9.17) is 23.2 Å². The van der Waals surface area contributed by atoms with Gasteiger partial charge in [0.15, 0.2) is 5.82 Å². The Kier molecular flexibility index (Phi) is 6.42. The fourth-order valence-electron chi connectivity index (χ4n) is 2.92. The van der Waals surface area contributed by atoms with Crippen molar-refractivity contribution in [1.82, 2.24) is 19.6 Å². The number of aromatic nitrogens is 4. The van der Waals surface area contributed by atoms with Crippen LogP contribution < -0.4 is 5.32 Å². The molecule has 30 heavy (non-hydrogen) atoms. The van der Waals surface area contributed by atoms with Gasteiger partial charge in [-0.15, -0.1) is 0 Å². The van der Waals surface area contributed by atoms with Gasteiger partial charge < -0.3 is 15.4 Å². The van der Waals surface area contributed by atoms with Crippen LogP contribution in [0, 0.1) is 29.9 Å². The normalized spacial score (nSPS) is 12.0. The van der Waals surface area contributed by atoms with Gasteiger partial charge in [0.05, 0.1) is 35.9 Å². The van der Waals surface area contributed by atoms with Crippen LogP contribution in [0.4, 0.5) is 11.6 Å². The second kappa shape index (κ2) is 8.85. The molecule has 3 aromatic rings. The molecule has 0 spiro atoms. The highest BCUT2D eigenvalue weighted by molar-refractivity contribution is 6.35. The number of nitrogens with zero attached hydrogens (tertiary/aromatic N) is 5. The minimum absolute atomic E-state index is 0.209. The number of halogens is 2. The van der Waals surface area contributed by atoms with Crippen molar-refractivity contribution < 1.29 is 9.72 Å². The van der Waals surface area contributed by atoms with Gasteiger partial charge in [0.25, 0.3) is 0 Å². The van der Waals surface area contributed by atoms with Crippen molar-refractivity contribution in [2.24, 2.45) is 5.92 Å². The quantitative estimate of drug-likeness (QED) is 0.427. The van der Waals surface area contributed by atoms with Crippen LogP contribution in [-0.2, 0) is 17.9 Å². The van der Waals surface area contributed by atoms with Crippen molar-refractivity contribution in [2.45, 2.75) is 33.9 Å². The Morgan fingerprint density at radius 3 is 2.40 bits per heavy atom. The summed E-state index contributed by atoms with van der Waals surface area (Å²) >= 11 is 12.5. The molecule has 0 saturated carbocycles. The van der Waals surface area contributed by atoms with Crippen molar-refractivity contribution in [1.29, 1.82) is 0 Å². The maximum absolute atomic E-state index is 12.6. The topological polar surface area (TPSA) is 108 Å². The number of hydrogen-bond donors (Lipinski definition) is 1. The molecule has 1 N–H and O–H groups in total. The molecule has 2 heterocycles. The summed E-state index contributed by atoms with van der Waals surface area (Å²) in [6.45, 7) is 5.86. The number of aryl methyl sites for hydroxylation is 2. The Morgan fingerprint density at radius 1 is 1.17 bits per heavy atom. The average molecular weight is 451 g/mol. The third-order valence-corrected chi connectivity index (χ3v) is 5.36. The molecular formula is C19H20Cl2N6O3. The van der Waals surface area contributed by atoms with Crippen LogP contribution in [-0.4, -0.2) is 30.4 Å². The van der Waals surface area contributed by atoms with Gasteiger partial charge in [-0.3, -0.25) is 9.48 Å². The minimum Gasteiger partial charge on any atom is -0.358 e. The van der Waals surface area contributed by atoms with Gasteiger partial charge in [-0.2, -0.15) is 9.78 Å². The molecular weight excluding hydrogens is 431 g/mol. The van der Waals surface area contributed by atoms with Gasteiger partial charge in [0, 0.05) is 27.4 Å². The Morgan fingerprint density at radius 2 is 1.80 bits per heavy atom. The molecule has 0 aliphatic rings. The van der Waals surface area contributed by atoms with Gasteiger partial charge in [-0.1, -0.05) is 36.2 Å². The number of anilines is 1. The van der Waals surface area contributed by atoms with E-state index in [0.29, 0.717) is 28.1 Å². The summed E-state index contributed by atoms with van der Waals surface area (Å²) in [5.41, 5.74) is 2.18. The lowest BCUT2D eigenvalue weighted by molar-refractivity contribution is -0.389. The Labute approximate surface area is 182 Å². The first kappa shape index (κ1) is 21.8. The molecule has 1 unspecified atom stereocenters. The van der Waals surface area contributed by atoms with Crippen LogP contribution in [0.5, 0.6) is 0 Å². The molecule has 0 fully saturated rings. The number of hydrogen-bond acceptors (Lipinski definition) is 5.